The van der Waals surface area contributed by atoms with Gasteiger partial charge >= 0.3 is 0 Å². The van der Waals surface area contributed by atoms with E-state index in [-0.39, 0.29) is 0 Å². The Morgan fingerprint density at radius 2 is 0.885 bits per heavy atom. The summed E-state index contributed by atoms with van der Waals surface area (Å²) in [5, 5.41) is 0. The molecule has 0 heterocycles. The maximum Gasteiger partial charge on any atom is 0.0474 e. The van der Waals surface area contributed by atoms with Gasteiger partial charge in [0.05, 0.1) is 0 Å². The molecule has 0 atom stereocenters. The fraction of sp³-hybridized carbons (Fsp3) is 0.0400. The Kier molecular flexibility index (Phi) is 11.0. The lowest BCUT2D eigenvalue weighted by Gasteiger charge is -1.92. The molecule has 0 aromatic heterocycles. The molecule has 0 N–H and O–H groups in total. The van der Waals surface area contributed by atoms with Gasteiger partial charge in [0.1, 0.15) is 0 Å². The summed E-state index contributed by atoms with van der Waals surface area (Å²) in [5.41, 5.74) is 4.64. The van der Waals surface area contributed by atoms with Gasteiger partial charge in [0.25, 0.3) is 0 Å². The van der Waals surface area contributed by atoms with Crippen molar-refractivity contribution in [3.05, 3.63) is 127 Å². The number of halogens is 1. The van der Waals surface area contributed by atoms with E-state index < -0.39 is 0 Å². The third-order valence-corrected chi connectivity index (χ3v) is 3.75. The average molecular weight is 361 g/mol. The third-order valence-electron chi connectivity index (χ3n) is 3.44. The van der Waals surface area contributed by atoms with Crippen LogP contribution in [-0.2, 0) is 5.88 Å². The van der Waals surface area contributed by atoms with E-state index in [0.29, 0.717) is 5.88 Å². The number of benzene rings is 3. The van der Waals surface area contributed by atoms with Gasteiger partial charge < -0.3 is 0 Å². The molecule has 0 saturated heterocycles. The Bertz CT molecular complexity index is 729. The molecule has 0 nitrogen and oxygen atoms in total. The van der Waals surface area contributed by atoms with Crippen molar-refractivity contribution >= 4 is 29.8 Å². The van der Waals surface area contributed by atoms with Crippen LogP contribution in [0.4, 0.5) is 0 Å². The molecule has 0 aliphatic rings. The highest BCUT2D eigenvalue weighted by molar-refractivity contribution is 6.17. The van der Waals surface area contributed by atoms with Crippen LogP contribution in [0.3, 0.4) is 0 Å². The van der Waals surface area contributed by atoms with Crippen LogP contribution in [0, 0.1) is 0 Å². The molecule has 3 rings (SSSR count). The van der Waals surface area contributed by atoms with Gasteiger partial charge in [-0.2, -0.15) is 0 Å². The van der Waals surface area contributed by atoms with Gasteiger partial charge in [0.15, 0.2) is 0 Å². The molecule has 0 fully saturated rings. The summed E-state index contributed by atoms with van der Waals surface area (Å²) in [6, 6.07) is 28.1. The van der Waals surface area contributed by atoms with Crippen molar-refractivity contribution < 1.29 is 0 Å². The standard InChI is InChI=1S/C10H10.C8H8.C7H7Cl/c1-3-9-5-7-10(4-2)8-6-9;1-2-8-6-4-3-5-7-8;8-6-7-4-2-1-3-5-7/h3-8H,1-2H2;2-7H,1H2;1-5H,6H2. The largest absolute Gasteiger partial charge is 0.122 e. The van der Waals surface area contributed by atoms with Gasteiger partial charge in [-0.05, 0) is 22.3 Å². The molecule has 3 aromatic rings. The first kappa shape index (κ1) is 21.2. The lowest BCUT2D eigenvalue weighted by Crippen LogP contribution is -1.71. The second-order valence-electron chi connectivity index (χ2n) is 5.31. The van der Waals surface area contributed by atoms with E-state index in [4.69, 9.17) is 11.6 Å². The van der Waals surface area contributed by atoms with Crippen LogP contribution in [0.15, 0.2) is 105 Å². The topological polar surface area (TPSA) is 0 Å². The lowest BCUT2D eigenvalue weighted by molar-refractivity contribution is 1.41. The minimum absolute atomic E-state index is 0.612. The van der Waals surface area contributed by atoms with Crippen molar-refractivity contribution in [1.29, 1.82) is 0 Å². The van der Waals surface area contributed by atoms with Crippen molar-refractivity contribution in [1.82, 2.24) is 0 Å². The molecule has 0 aliphatic heterocycles. The van der Waals surface area contributed by atoms with Crippen molar-refractivity contribution in [3.8, 4) is 0 Å². The molecular formula is C25H25Cl. The van der Waals surface area contributed by atoms with Crippen molar-refractivity contribution in [2.45, 2.75) is 5.88 Å². The molecule has 0 bridgehead atoms. The molecule has 0 unspecified atom stereocenters. The monoisotopic (exact) mass is 360 g/mol. The summed E-state index contributed by atoms with van der Waals surface area (Å²) in [7, 11) is 0. The summed E-state index contributed by atoms with van der Waals surface area (Å²) < 4.78 is 0. The molecule has 0 spiro atoms. The first-order valence-corrected chi connectivity index (χ1v) is 8.89. The zero-order valence-corrected chi connectivity index (χ0v) is 15.8. The summed E-state index contributed by atoms with van der Waals surface area (Å²) >= 11 is 5.53. The van der Waals surface area contributed by atoms with Crippen molar-refractivity contribution in [3.63, 3.8) is 0 Å². The molecule has 0 amide bonds. The second kappa shape index (κ2) is 13.5. The Morgan fingerprint density at radius 3 is 1.15 bits per heavy atom. The van der Waals surface area contributed by atoms with Crippen LogP contribution >= 0.6 is 11.6 Å². The summed E-state index contributed by atoms with van der Waals surface area (Å²) in [4.78, 5) is 0. The van der Waals surface area contributed by atoms with Gasteiger partial charge in [-0.3, -0.25) is 0 Å². The molecule has 0 aliphatic carbocycles. The Labute approximate surface area is 162 Å². The van der Waals surface area contributed by atoms with E-state index in [1.165, 1.54) is 11.1 Å². The molecule has 0 radical (unpaired) electrons. The van der Waals surface area contributed by atoms with Gasteiger partial charge in [-0.15, -0.1) is 11.6 Å². The molecule has 132 valence electrons. The van der Waals surface area contributed by atoms with E-state index >= 15 is 0 Å². The van der Waals surface area contributed by atoms with E-state index in [0.717, 1.165) is 11.1 Å². The van der Waals surface area contributed by atoms with Crippen LogP contribution in [0.2, 0.25) is 0 Å². The van der Waals surface area contributed by atoms with Crippen molar-refractivity contribution in [2.75, 3.05) is 0 Å². The number of hydrogen-bond acceptors (Lipinski definition) is 0. The van der Waals surface area contributed by atoms with E-state index in [9.17, 15) is 0 Å². The van der Waals surface area contributed by atoms with Gasteiger partial charge in [-0.1, -0.05) is 123 Å². The van der Waals surface area contributed by atoms with Crippen molar-refractivity contribution in [2.24, 2.45) is 0 Å². The Morgan fingerprint density at radius 1 is 0.538 bits per heavy atom. The highest BCUT2D eigenvalue weighted by Gasteiger charge is 1.84. The van der Waals surface area contributed by atoms with Crippen LogP contribution < -0.4 is 0 Å². The molecule has 26 heavy (non-hydrogen) atoms. The third kappa shape index (κ3) is 8.86. The average Bonchev–Trinajstić information content (AvgIpc) is 2.76. The highest BCUT2D eigenvalue weighted by Crippen LogP contribution is 2.05. The maximum absolute atomic E-state index is 5.53. The quantitative estimate of drug-likeness (QED) is 0.417. The summed E-state index contributed by atoms with van der Waals surface area (Å²) in [5.74, 6) is 0.612. The minimum atomic E-state index is 0.612. The van der Waals surface area contributed by atoms with E-state index in [1.807, 2.05) is 103 Å². The number of hydrogen-bond donors (Lipinski definition) is 0. The van der Waals surface area contributed by atoms with Crippen LogP contribution in [0.25, 0.3) is 18.2 Å². The number of rotatable bonds is 4. The molecular weight excluding hydrogens is 336 g/mol. The normalized spacial score (nSPS) is 8.81. The molecule has 3 aromatic carbocycles. The van der Waals surface area contributed by atoms with Crippen LogP contribution in [0.5, 0.6) is 0 Å². The van der Waals surface area contributed by atoms with Crippen LogP contribution in [0.1, 0.15) is 22.3 Å². The molecule has 1 heteroatoms. The first-order chi connectivity index (χ1) is 12.7. The van der Waals surface area contributed by atoms with Gasteiger partial charge in [0, 0.05) is 5.88 Å². The van der Waals surface area contributed by atoms with Crippen LogP contribution in [-0.4, -0.2) is 0 Å². The maximum atomic E-state index is 5.53. The lowest BCUT2D eigenvalue weighted by atomic mass is 10.1. The first-order valence-electron chi connectivity index (χ1n) is 8.35. The van der Waals surface area contributed by atoms with Gasteiger partial charge in [0.2, 0.25) is 0 Å². The smallest absolute Gasteiger partial charge is 0.0474 e. The minimum Gasteiger partial charge on any atom is -0.122 e. The Balaban J connectivity index is 0.000000197. The SMILES string of the molecule is C=Cc1ccc(C=C)cc1.C=Cc1ccccc1.ClCc1ccccc1. The number of alkyl halides is 1. The predicted molar refractivity (Wildman–Crippen MR) is 119 cm³/mol. The van der Waals surface area contributed by atoms with E-state index in [1.54, 1.807) is 0 Å². The Hall–Kier alpha value is -2.83. The van der Waals surface area contributed by atoms with E-state index in [2.05, 4.69) is 19.7 Å². The zero-order chi connectivity index (χ0) is 19.0. The second-order valence-corrected chi connectivity index (χ2v) is 5.58. The fourth-order valence-corrected chi connectivity index (χ4v) is 2.10. The van der Waals surface area contributed by atoms with Gasteiger partial charge in [-0.25, -0.2) is 0 Å². The predicted octanol–water partition coefficient (Wildman–Crippen LogP) is 7.73. The highest BCUT2D eigenvalue weighted by atomic mass is 35.5. The summed E-state index contributed by atoms with van der Waals surface area (Å²) in [6.07, 6.45) is 5.49. The molecule has 0 saturated carbocycles. The zero-order valence-electron chi connectivity index (χ0n) is 15.0. The summed E-state index contributed by atoms with van der Waals surface area (Å²) in [6.45, 7) is 11.0. The fourth-order valence-electron chi connectivity index (χ4n) is 1.92.